The number of carbonyl (C=O) groups excluding carboxylic acids is 3. The van der Waals surface area contributed by atoms with Gasteiger partial charge in [0.1, 0.15) is 13.2 Å². The van der Waals surface area contributed by atoms with E-state index >= 15 is 0 Å². The summed E-state index contributed by atoms with van der Waals surface area (Å²) in [5.41, 5.74) is 0. The predicted octanol–water partition coefficient (Wildman–Crippen LogP) is 18.2. The number of rotatable bonds is 51. The van der Waals surface area contributed by atoms with Crippen molar-refractivity contribution in [1.82, 2.24) is 0 Å². The van der Waals surface area contributed by atoms with Crippen LogP contribution in [-0.4, -0.2) is 37.2 Å². The first kappa shape index (κ1) is 60.4. The quantitative estimate of drug-likeness (QED) is 0.0344. The first-order valence-electron chi connectivity index (χ1n) is 27.9. The lowest BCUT2D eigenvalue weighted by molar-refractivity contribution is -0.167. The van der Waals surface area contributed by atoms with Crippen LogP contribution in [0, 0.1) is 5.92 Å². The number of esters is 3. The zero-order valence-electron chi connectivity index (χ0n) is 42.3. The summed E-state index contributed by atoms with van der Waals surface area (Å²) in [5, 5.41) is 0. The normalized spacial score (nSPS) is 12.0. The molecule has 0 aliphatic carbocycles. The maximum Gasteiger partial charge on any atom is 0.306 e. The summed E-state index contributed by atoms with van der Waals surface area (Å²) in [7, 11) is 0. The van der Waals surface area contributed by atoms with E-state index < -0.39 is 6.10 Å². The highest BCUT2D eigenvalue weighted by Crippen LogP contribution is 2.18. The lowest BCUT2D eigenvalue weighted by Crippen LogP contribution is -2.30. The average molecular weight is 877 g/mol. The van der Waals surface area contributed by atoms with Crippen LogP contribution >= 0.6 is 0 Å². The van der Waals surface area contributed by atoms with Gasteiger partial charge in [0.2, 0.25) is 0 Å². The van der Waals surface area contributed by atoms with Crippen LogP contribution in [0.4, 0.5) is 0 Å². The van der Waals surface area contributed by atoms with Crippen molar-refractivity contribution in [2.75, 3.05) is 13.2 Å². The van der Waals surface area contributed by atoms with E-state index in [2.05, 4.69) is 27.7 Å². The van der Waals surface area contributed by atoms with Crippen LogP contribution in [0.5, 0.6) is 0 Å². The SMILES string of the molecule is CCCCCCCCCCCCCCCCCCCC(=O)O[C@H](COC(=O)CCCCCCCCCCCCCCCC)COC(=O)CCCCCCCCCCCCC(C)C. The first-order valence-corrected chi connectivity index (χ1v) is 27.9. The zero-order chi connectivity index (χ0) is 45.2. The smallest absolute Gasteiger partial charge is 0.306 e. The van der Waals surface area contributed by atoms with Crippen molar-refractivity contribution < 1.29 is 28.6 Å². The Balaban J connectivity index is 4.30. The van der Waals surface area contributed by atoms with Gasteiger partial charge in [-0.1, -0.05) is 278 Å². The minimum atomic E-state index is -0.761. The highest BCUT2D eigenvalue weighted by molar-refractivity contribution is 5.71. The summed E-state index contributed by atoms with van der Waals surface area (Å²) >= 11 is 0. The van der Waals surface area contributed by atoms with E-state index in [4.69, 9.17) is 14.2 Å². The topological polar surface area (TPSA) is 78.9 Å². The Morgan fingerprint density at radius 3 is 0.790 bits per heavy atom. The third-order valence-electron chi connectivity index (χ3n) is 12.8. The van der Waals surface area contributed by atoms with E-state index in [-0.39, 0.29) is 31.1 Å². The summed E-state index contributed by atoms with van der Waals surface area (Å²) in [6.07, 6.45) is 53.7. The van der Waals surface area contributed by atoms with E-state index in [9.17, 15) is 14.4 Å². The van der Waals surface area contributed by atoms with E-state index in [1.54, 1.807) is 0 Å². The molecule has 0 saturated carbocycles. The Morgan fingerprint density at radius 1 is 0.306 bits per heavy atom. The molecule has 0 N–H and O–H groups in total. The molecule has 0 radical (unpaired) electrons. The molecule has 0 aromatic carbocycles. The van der Waals surface area contributed by atoms with Gasteiger partial charge in [-0.2, -0.15) is 0 Å². The van der Waals surface area contributed by atoms with Crippen LogP contribution in [-0.2, 0) is 28.6 Å². The molecule has 368 valence electrons. The fourth-order valence-electron chi connectivity index (χ4n) is 8.57. The highest BCUT2D eigenvalue weighted by atomic mass is 16.6. The number of ether oxygens (including phenoxy) is 3. The molecule has 0 bridgehead atoms. The van der Waals surface area contributed by atoms with Crippen molar-refractivity contribution in [3.8, 4) is 0 Å². The van der Waals surface area contributed by atoms with Crippen LogP contribution in [0.1, 0.15) is 317 Å². The Bertz CT molecular complexity index is 933. The summed E-state index contributed by atoms with van der Waals surface area (Å²) in [6.45, 7) is 9.04. The third-order valence-corrected chi connectivity index (χ3v) is 12.8. The van der Waals surface area contributed by atoms with Crippen LogP contribution in [0.3, 0.4) is 0 Å². The van der Waals surface area contributed by atoms with Crippen molar-refractivity contribution in [1.29, 1.82) is 0 Å². The third kappa shape index (κ3) is 49.4. The lowest BCUT2D eigenvalue weighted by Gasteiger charge is -2.18. The van der Waals surface area contributed by atoms with E-state index in [1.165, 1.54) is 212 Å². The molecule has 0 fully saturated rings. The van der Waals surface area contributed by atoms with Gasteiger partial charge in [0.15, 0.2) is 6.10 Å². The van der Waals surface area contributed by atoms with E-state index in [0.717, 1.165) is 63.7 Å². The van der Waals surface area contributed by atoms with Gasteiger partial charge in [0, 0.05) is 19.3 Å². The Labute approximate surface area is 387 Å². The molecular formula is C56H108O6. The fourth-order valence-corrected chi connectivity index (χ4v) is 8.57. The average Bonchev–Trinajstić information content (AvgIpc) is 3.26. The van der Waals surface area contributed by atoms with Crippen molar-refractivity contribution in [2.45, 2.75) is 323 Å². The van der Waals surface area contributed by atoms with Gasteiger partial charge in [0.25, 0.3) is 0 Å². The summed E-state index contributed by atoms with van der Waals surface area (Å²) < 4.78 is 16.9. The first-order chi connectivity index (χ1) is 30.4. The van der Waals surface area contributed by atoms with Crippen molar-refractivity contribution in [3.05, 3.63) is 0 Å². The van der Waals surface area contributed by atoms with Crippen LogP contribution in [0.15, 0.2) is 0 Å². The molecule has 6 heteroatoms. The maximum atomic E-state index is 12.8. The molecule has 1 atom stereocenters. The number of hydrogen-bond acceptors (Lipinski definition) is 6. The molecule has 0 saturated heterocycles. The van der Waals surface area contributed by atoms with Gasteiger partial charge in [-0.05, 0) is 25.2 Å². The molecule has 0 spiro atoms. The Morgan fingerprint density at radius 2 is 0.532 bits per heavy atom. The molecule has 0 aliphatic heterocycles. The molecule has 6 nitrogen and oxygen atoms in total. The second-order valence-corrected chi connectivity index (χ2v) is 19.7. The minimum absolute atomic E-state index is 0.0623. The van der Waals surface area contributed by atoms with Gasteiger partial charge in [0.05, 0.1) is 0 Å². The number of hydrogen-bond donors (Lipinski definition) is 0. The molecule has 62 heavy (non-hydrogen) atoms. The van der Waals surface area contributed by atoms with Crippen molar-refractivity contribution in [2.24, 2.45) is 5.92 Å². The van der Waals surface area contributed by atoms with E-state index in [1.807, 2.05) is 0 Å². The zero-order valence-corrected chi connectivity index (χ0v) is 42.3. The minimum Gasteiger partial charge on any atom is -0.462 e. The van der Waals surface area contributed by atoms with Gasteiger partial charge < -0.3 is 14.2 Å². The maximum absolute atomic E-state index is 12.8. The molecule has 0 aromatic heterocycles. The van der Waals surface area contributed by atoms with Crippen LogP contribution in [0.2, 0.25) is 0 Å². The summed E-state index contributed by atoms with van der Waals surface area (Å²) in [4.78, 5) is 38.1. The monoisotopic (exact) mass is 877 g/mol. The molecule has 0 rings (SSSR count). The van der Waals surface area contributed by atoms with E-state index in [0.29, 0.717) is 19.3 Å². The largest absolute Gasteiger partial charge is 0.462 e. The number of carbonyl (C=O) groups is 3. The standard InChI is InChI=1S/C56H108O6/c1-5-7-9-11-13-15-17-19-21-22-23-25-27-33-37-41-45-49-56(59)62-53(51-61-55(58)48-44-40-36-32-29-28-30-34-38-42-46-52(3)4)50-60-54(57)47-43-39-35-31-26-24-20-18-16-14-12-10-8-6-2/h52-53H,5-51H2,1-4H3/t53-/m1/s1. The molecule has 0 unspecified atom stereocenters. The molecular weight excluding hydrogens is 769 g/mol. The predicted molar refractivity (Wildman–Crippen MR) is 266 cm³/mol. The Kier molecular flexibility index (Phi) is 49.1. The second-order valence-electron chi connectivity index (χ2n) is 19.7. The van der Waals surface area contributed by atoms with Gasteiger partial charge in [-0.3, -0.25) is 14.4 Å². The van der Waals surface area contributed by atoms with Crippen molar-refractivity contribution in [3.63, 3.8) is 0 Å². The molecule has 0 amide bonds. The highest BCUT2D eigenvalue weighted by Gasteiger charge is 2.19. The fraction of sp³-hybridized carbons (Fsp3) is 0.946. The van der Waals surface area contributed by atoms with Crippen LogP contribution < -0.4 is 0 Å². The van der Waals surface area contributed by atoms with Gasteiger partial charge in [-0.25, -0.2) is 0 Å². The van der Waals surface area contributed by atoms with Gasteiger partial charge in [-0.15, -0.1) is 0 Å². The lowest BCUT2D eigenvalue weighted by atomic mass is 10.0. The molecule has 0 aliphatic rings. The molecule has 0 aromatic rings. The number of unbranched alkanes of at least 4 members (excludes halogenated alkanes) is 38. The summed E-state index contributed by atoms with van der Waals surface area (Å²) in [5.74, 6) is -0.0203. The summed E-state index contributed by atoms with van der Waals surface area (Å²) in [6, 6.07) is 0. The Hall–Kier alpha value is -1.59. The second kappa shape index (κ2) is 50.4. The van der Waals surface area contributed by atoms with Gasteiger partial charge >= 0.3 is 17.9 Å². The van der Waals surface area contributed by atoms with Crippen molar-refractivity contribution >= 4 is 17.9 Å². The molecule has 0 heterocycles. The van der Waals surface area contributed by atoms with Crippen LogP contribution in [0.25, 0.3) is 0 Å².